The Labute approximate surface area is 197 Å². The topological polar surface area (TPSA) is 111 Å². The van der Waals surface area contributed by atoms with E-state index in [9.17, 15) is 19.7 Å². The van der Waals surface area contributed by atoms with Gasteiger partial charge in [-0.2, -0.15) is 0 Å². The van der Waals surface area contributed by atoms with Crippen LogP contribution in [0.1, 0.15) is 29.2 Å². The van der Waals surface area contributed by atoms with Crippen LogP contribution in [0.3, 0.4) is 0 Å². The van der Waals surface area contributed by atoms with Crippen molar-refractivity contribution in [3.8, 4) is 0 Å². The summed E-state index contributed by atoms with van der Waals surface area (Å²) in [4.78, 5) is 35.6. The number of nitro groups is 1. The zero-order valence-corrected chi connectivity index (χ0v) is 18.4. The molecule has 0 bridgehead atoms. The van der Waals surface area contributed by atoms with Gasteiger partial charge in [-0.05, 0) is 16.7 Å². The molecule has 1 aliphatic rings. The van der Waals surface area contributed by atoms with Crippen molar-refractivity contribution < 1.29 is 19.2 Å². The maximum absolute atomic E-state index is 13.0. The first kappa shape index (κ1) is 23.1. The number of hydrogen-bond donors (Lipinski definition) is 2. The Hall–Kier alpha value is -4.04. The van der Waals surface area contributed by atoms with Gasteiger partial charge in [-0.1, -0.05) is 72.8 Å². The average molecular weight is 460 g/mol. The zero-order valence-electron chi connectivity index (χ0n) is 18.4. The van der Waals surface area contributed by atoms with Crippen molar-refractivity contribution in [2.75, 3.05) is 6.54 Å². The van der Waals surface area contributed by atoms with E-state index in [1.165, 1.54) is 24.3 Å². The van der Waals surface area contributed by atoms with Crippen LogP contribution in [0.2, 0.25) is 0 Å². The van der Waals surface area contributed by atoms with Crippen LogP contribution < -0.4 is 10.6 Å². The molecule has 1 saturated heterocycles. The minimum Gasteiger partial charge on any atom is -0.461 e. The molecule has 8 nitrogen and oxygen atoms in total. The van der Waals surface area contributed by atoms with Crippen molar-refractivity contribution in [1.29, 1.82) is 0 Å². The SMILES string of the molecule is O=C(Cc1ccc([N+](=O)[O-])cc1)OC1CN[C@H](C(=O)NC(c2ccccc2)c2ccccc2)C1. The van der Waals surface area contributed by atoms with Crippen molar-refractivity contribution in [2.45, 2.75) is 31.0 Å². The predicted molar refractivity (Wildman–Crippen MR) is 126 cm³/mol. The number of nitrogens with one attached hydrogen (secondary N) is 2. The van der Waals surface area contributed by atoms with Crippen molar-refractivity contribution in [2.24, 2.45) is 0 Å². The highest BCUT2D eigenvalue weighted by molar-refractivity contribution is 5.83. The summed E-state index contributed by atoms with van der Waals surface area (Å²) >= 11 is 0. The van der Waals surface area contributed by atoms with Crippen molar-refractivity contribution in [1.82, 2.24) is 10.6 Å². The molecule has 0 spiro atoms. The summed E-state index contributed by atoms with van der Waals surface area (Å²) in [5.74, 6) is -0.597. The van der Waals surface area contributed by atoms with Gasteiger partial charge in [-0.15, -0.1) is 0 Å². The van der Waals surface area contributed by atoms with Crippen LogP contribution in [0.15, 0.2) is 84.9 Å². The fourth-order valence-electron chi connectivity index (χ4n) is 4.02. The first-order valence-corrected chi connectivity index (χ1v) is 11.1. The summed E-state index contributed by atoms with van der Waals surface area (Å²) < 4.78 is 5.53. The predicted octanol–water partition coefficient (Wildman–Crippen LogP) is 3.32. The number of rotatable bonds is 8. The van der Waals surface area contributed by atoms with Gasteiger partial charge in [-0.25, -0.2) is 0 Å². The summed E-state index contributed by atoms with van der Waals surface area (Å²) in [6.07, 6.45) is -0.0444. The molecular formula is C26H25N3O5. The van der Waals surface area contributed by atoms with Crippen LogP contribution in [0.5, 0.6) is 0 Å². The molecule has 0 aliphatic carbocycles. The summed E-state index contributed by atoms with van der Waals surface area (Å²) in [6.45, 7) is 0.380. The minimum absolute atomic E-state index is 0.00937. The highest BCUT2D eigenvalue weighted by atomic mass is 16.6. The molecule has 2 N–H and O–H groups in total. The van der Waals surface area contributed by atoms with Crippen LogP contribution in [-0.2, 0) is 20.7 Å². The molecule has 34 heavy (non-hydrogen) atoms. The van der Waals surface area contributed by atoms with Crippen molar-refractivity contribution in [3.63, 3.8) is 0 Å². The Kier molecular flexibility index (Phi) is 7.29. The lowest BCUT2D eigenvalue weighted by Crippen LogP contribution is -2.42. The van der Waals surface area contributed by atoms with Crippen LogP contribution in [0.4, 0.5) is 5.69 Å². The van der Waals surface area contributed by atoms with Crippen LogP contribution in [-0.4, -0.2) is 35.5 Å². The average Bonchev–Trinajstić information content (AvgIpc) is 3.32. The summed E-state index contributed by atoms with van der Waals surface area (Å²) in [5.41, 5.74) is 2.55. The molecule has 1 heterocycles. The lowest BCUT2D eigenvalue weighted by molar-refractivity contribution is -0.384. The Balaban J connectivity index is 1.33. The molecule has 2 atom stereocenters. The number of nitrogens with zero attached hydrogens (tertiary/aromatic N) is 1. The molecule has 1 unspecified atom stereocenters. The molecule has 1 fully saturated rings. The van der Waals surface area contributed by atoms with E-state index in [0.717, 1.165) is 11.1 Å². The number of ether oxygens (including phenoxy) is 1. The molecule has 4 rings (SSSR count). The normalized spacial score (nSPS) is 17.3. The number of benzene rings is 3. The van der Waals surface area contributed by atoms with E-state index in [2.05, 4.69) is 10.6 Å². The van der Waals surface area contributed by atoms with E-state index in [0.29, 0.717) is 18.5 Å². The van der Waals surface area contributed by atoms with Gasteiger partial charge in [0.1, 0.15) is 6.10 Å². The van der Waals surface area contributed by atoms with Gasteiger partial charge in [0.15, 0.2) is 0 Å². The highest BCUT2D eigenvalue weighted by Gasteiger charge is 2.33. The number of carbonyl (C=O) groups is 2. The monoisotopic (exact) mass is 459 g/mol. The van der Waals surface area contributed by atoms with E-state index < -0.39 is 23.0 Å². The summed E-state index contributed by atoms with van der Waals surface area (Å²) in [6, 6.07) is 24.5. The molecule has 0 aromatic heterocycles. The van der Waals surface area contributed by atoms with E-state index in [-0.39, 0.29) is 24.1 Å². The zero-order chi connectivity index (χ0) is 23.9. The molecule has 3 aromatic rings. The minimum atomic E-state index is -0.488. The number of esters is 1. The molecule has 0 radical (unpaired) electrons. The third-order valence-corrected chi connectivity index (χ3v) is 5.75. The van der Waals surface area contributed by atoms with Crippen LogP contribution >= 0.6 is 0 Å². The molecule has 0 saturated carbocycles. The standard InChI is InChI=1S/C26H25N3O5/c30-24(15-18-11-13-21(14-12-18)29(32)33)34-22-16-23(27-17-22)26(31)28-25(19-7-3-1-4-8-19)20-9-5-2-6-10-20/h1-14,22-23,25,27H,15-17H2,(H,28,31)/t22?,23-/m0/s1. The second kappa shape index (κ2) is 10.7. The molecule has 1 aliphatic heterocycles. The van der Waals surface area contributed by atoms with E-state index in [4.69, 9.17) is 4.74 Å². The second-order valence-electron chi connectivity index (χ2n) is 8.17. The fraction of sp³-hybridized carbons (Fsp3) is 0.231. The van der Waals surface area contributed by atoms with Crippen molar-refractivity contribution in [3.05, 3.63) is 112 Å². The number of amides is 1. The van der Waals surface area contributed by atoms with E-state index >= 15 is 0 Å². The largest absolute Gasteiger partial charge is 0.461 e. The van der Waals surface area contributed by atoms with Gasteiger partial charge >= 0.3 is 5.97 Å². The number of nitro benzene ring substituents is 1. The number of carbonyl (C=O) groups excluding carboxylic acids is 2. The van der Waals surface area contributed by atoms with Gasteiger partial charge < -0.3 is 15.4 Å². The Morgan fingerprint density at radius 1 is 0.971 bits per heavy atom. The Bertz CT molecular complexity index is 1100. The van der Waals surface area contributed by atoms with Gasteiger partial charge in [0.05, 0.1) is 23.4 Å². The molecule has 174 valence electrons. The number of hydrogen-bond acceptors (Lipinski definition) is 6. The van der Waals surface area contributed by atoms with E-state index in [1.54, 1.807) is 0 Å². The van der Waals surface area contributed by atoms with Crippen molar-refractivity contribution >= 4 is 17.6 Å². The smallest absolute Gasteiger partial charge is 0.310 e. The third-order valence-electron chi connectivity index (χ3n) is 5.75. The molecular weight excluding hydrogens is 434 g/mol. The second-order valence-corrected chi connectivity index (χ2v) is 8.17. The van der Waals surface area contributed by atoms with Gasteiger partial charge in [0.2, 0.25) is 5.91 Å². The lowest BCUT2D eigenvalue weighted by atomic mass is 9.98. The van der Waals surface area contributed by atoms with Gasteiger partial charge in [0.25, 0.3) is 5.69 Å². The van der Waals surface area contributed by atoms with Crippen LogP contribution in [0.25, 0.3) is 0 Å². The fourth-order valence-corrected chi connectivity index (χ4v) is 4.02. The maximum atomic E-state index is 13.0. The molecule has 1 amide bonds. The van der Waals surface area contributed by atoms with Crippen LogP contribution in [0, 0.1) is 10.1 Å². The van der Waals surface area contributed by atoms with Gasteiger partial charge in [0, 0.05) is 25.1 Å². The Morgan fingerprint density at radius 2 is 1.56 bits per heavy atom. The lowest BCUT2D eigenvalue weighted by Gasteiger charge is -2.22. The highest BCUT2D eigenvalue weighted by Crippen LogP contribution is 2.23. The molecule has 8 heteroatoms. The Morgan fingerprint density at radius 3 is 2.12 bits per heavy atom. The number of non-ortho nitro benzene ring substituents is 1. The first-order valence-electron chi connectivity index (χ1n) is 11.1. The third kappa shape index (κ3) is 5.85. The summed E-state index contributed by atoms with van der Waals surface area (Å²) in [7, 11) is 0. The van der Waals surface area contributed by atoms with Gasteiger partial charge in [-0.3, -0.25) is 19.7 Å². The van der Waals surface area contributed by atoms with E-state index in [1.807, 2.05) is 60.7 Å². The first-order chi connectivity index (χ1) is 16.5. The molecule has 3 aromatic carbocycles. The maximum Gasteiger partial charge on any atom is 0.310 e. The quantitative estimate of drug-likeness (QED) is 0.304. The summed E-state index contributed by atoms with van der Waals surface area (Å²) in [5, 5.41) is 17.0.